The van der Waals surface area contributed by atoms with Crippen LogP contribution in [0.3, 0.4) is 0 Å². The molecular weight excluding hydrogens is 368 g/mol. The molecule has 0 N–H and O–H groups in total. The van der Waals surface area contributed by atoms with E-state index < -0.39 is 0 Å². The third-order valence-electron chi connectivity index (χ3n) is 2.69. The van der Waals surface area contributed by atoms with Gasteiger partial charge in [-0.05, 0) is 46.6 Å². The van der Waals surface area contributed by atoms with Crippen LogP contribution in [-0.2, 0) is 0 Å². The summed E-state index contributed by atoms with van der Waals surface area (Å²) in [6.07, 6.45) is 1.83. The van der Waals surface area contributed by atoms with Crippen molar-refractivity contribution in [2.24, 2.45) is 0 Å². The summed E-state index contributed by atoms with van der Waals surface area (Å²) in [6, 6.07) is 15.4. The van der Waals surface area contributed by atoms with E-state index in [4.69, 9.17) is 0 Å². The van der Waals surface area contributed by atoms with E-state index in [2.05, 4.69) is 31.9 Å². The van der Waals surface area contributed by atoms with Crippen molar-refractivity contribution in [3.05, 3.63) is 74.2 Å². The van der Waals surface area contributed by atoms with Crippen LogP contribution in [0.25, 0.3) is 6.08 Å². The van der Waals surface area contributed by atoms with E-state index in [0.717, 1.165) is 15.6 Å². The van der Waals surface area contributed by atoms with Gasteiger partial charge >= 0.3 is 0 Å². The number of hydrogen-bond donors (Lipinski definition) is 0. The summed E-state index contributed by atoms with van der Waals surface area (Å²) in [5, 5.41) is 0. The average Bonchev–Trinajstić information content (AvgIpc) is 2.41. The Morgan fingerprint density at radius 2 is 1.58 bits per heavy atom. The lowest BCUT2D eigenvalue weighted by molar-refractivity contribution is 0.104. The topological polar surface area (TPSA) is 17.1 Å². The average molecular weight is 380 g/mol. The molecule has 2 aromatic carbocycles. The molecule has 0 fully saturated rings. The molecule has 0 amide bonds. The lowest BCUT2D eigenvalue weighted by Crippen LogP contribution is -1.98. The molecule has 0 bridgehead atoms. The summed E-state index contributed by atoms with van der Waals surface area (Å²) in [7, 11) is 0. The molecule has 0 aliphatic heterocycles. The molecule has 2 rings (SSSR count). The minimum Gasteiger partial charge on any atom is -0.288 e. The number of Topliss-reactive ketones (excluding diaryl/α,β-unsaturated/α-hetero) is 1. The molecule has 0 aliphatic carbocycles. The van der Waals surface area contributed by atoms with Crippen LogP contribution in [0.15, 0.2) is 57.5 Å². The van der Waals surface area contributed by atoms with Gasteiger partial charge in [0.25, 0.3) is 0 Å². The Morgan fingerprint density at radius 3 is 2.16 bits per heavy atom. The number of benzene rings is 2. The van der Waals surface area contributed by atoms with Gasteiger partial charge in [-0.15, -0.1) is 0 Å². The van der Waals surface area contributed by atoms with Gasteiger partial charge in [-0.25, -0.2) is 0 Å². The largest absolute Gasteiger partial charge is 0.288 e. The minimum absolute atomic E-state index is 0.0112. The van der Waals surface area contributed by atoms with E-state index in [-0.39, 0.29) is 5.78 Å². The third kappa shape index (κ3) is 3.88. The number of carbonyl (C=O) groups excluding carboxylic acids is 1. The van der Waals surface area contributed by atoms with Crippen LogP contribution >= 0.6 is 31.9 Å². The zero-order chi connectivity index (χ0) is 13.8. The first-order valence-electron chi connectivity index (χ1n) is 5.80. The van der Waals surface area contributed by atoms with Gasteiger partial charge in [0.05, 0.1) is 4.48 Å². The zero-order valence-electron chi connectivity index (χ0n) is 10.4. The highest BCUT2D eigenvalue weighted by Crippen LogP contribution is 2.19. The van der Waals surface area contributed by atoms with Crippen LogP contribution in [0, 0.1) is 6.92 Å². The van der Waals surface area contributed by atoms with Gasteiger partial charge in [0.1, 0.15) is 0 Å². The van der Waals surface area contributed by atoms with Crippen molar-refractivity contribution in [2.75, 3.05) is 0 Å². The number of carbonyl (C=O) groups is 1. The molecule has 0 aromatic heterocycles. The Balaban J connectivity index is 2.23. The highest BCUT2D eigenvalue weighted by atomic mass is 79.9. The maximum atomic E-state index is 12.2. The van der Waals surface area contributed by atoms with E-state index in [0.29, 0.717) is 10.0 Å². The van der Waals surface area contributed by atoms with E-state index in [1.54, 1.807) is 0 Å². The Labute approximate surface area is 129 Å². The number of rotatable bonds is 3. The Hall–Kier alpha value is -1.19. The second-order valence-electron chi connectivity index (χ2n) is 4.24. The molecule has 2 aromatic rings. The predicted molar refractivity (Wildman–Crippen MR) is 86.6 cm³/mol. The van der Waals surface area contributed by atoms with Gasteiger partial charge in [-0.3, -0.25) is 4.79 Å². The zero-order valence-corrected chi connectivity index (χ0v) is 13.5. The van der Waals surface area contributed by atoms with Crippen LogP contribution < -0.4 is 0 Å². The van der Waals surface area contributed by atoms with E-state index in [1.165, 1.54) is 0 Å². The summed E-state index contributed by atoms with van der Waals surface area (Å²) in [5.41, 5.74) is 2.81. The fourth-order valence-electron chi connectivity index (χ4n) is 1.61. The van der Waals surface area contributed by atoms with Crippen molar-refractivity contribution in [1.29, 1.82) is 0 Å². The first kappa shape index (κ1) is 14.2. The second kappa shape index (κ2) is 6.31. The molecule has 0 atom stereocenters. The number of aryl methyl sites for hydroxylation is 1. The molecule has 0 unspecified atom stereocenters. The highest BCUT2D eigenvalue weighted by molar-refractivity contribution is 9.12. The fourth-order valence-corrected chi connectivity index (χ4v) is 2.37. The van der Waals surface area contributed by atoms with Crippen LogP contribution in [-0.4, -0.2) is 5.78 Å². The quantitative estimate of drug-likeness (QED) is 0.517. The van der Waals surface area contributed by atoms with Crippen molar-refractivity contribution in [3.63, 3.8) is 0 Å². The minimum atomic E-state index is -0.0112. The van der Waals surface area contributed by atoms with Gasteiger partial charge in [-0.2, -0.15) is 0 Å². The molecule has 0 saturated heterocycles. The first-order valence-corrected chi connectivity index (χ1v) is 7.39. The van der Waals surface area contributed by atoms with Crippen LogP contribution in [0.2, 0.25) is 0 Å². The molecule has 0 radical (unpaired) electrons. The standard InChI is InChI=1S/C16H12Br2O/c1-11-2-6-13(7-3-11)16(19)15(18)10-12-4-8-14(17)9-5-12/h2-10H,1H3/b15-10-. The SMILES string of the molecule is Cc1ccc(C(=O)/C(Br)=C/c2ccc(Br)cc2)cc1. The lowest BCUT2D eigenvalue weighted by Gasteiger charge is -2.01. The van der Waals surface area contributed by atoms with Gasteiger partial charge in [-0.1, -0.05) is 57.9 Å². The monoisotopic (exact) mass is 378 g/mol. The molecule has 96 valence electrons. The molecule has 19 heavy (non-hydrogen) atoms. The van der Waals surface area contributed by atoms with Gasteiger partial charge in [0.15, 0.2) is 5.78 Å². The van der Waals surface area contributed by atoms with Gasteiger partial charge in [0.2, 0.25) is 0 Å². The molecule has 0 spiro atoms. The van der Waals surface area contributed by atoms with Crippen LogP contribution in [0.4, 0.5) is 0 Å². The summed E-state index contributed by atoms with van der Waals surface area (Å²) in [4.78, 5) is 12.2. The maximum Gasteiger partial charge on any atom is 0.199 e. The normalized spacial score (nSPS) is 11.4. The number of hydrogen-bond acceptors (Lipinski definition) is 1. The highest BCUT2D eigenvalue weighted by Gasteiger charge is 2.09. The van der Waals surface area contributed by atoms with Gasteiger partial charge in [0, 0.05) is 10.0 Å². The van der Waals surface area contributed by atoms with Crippen molar-refractivity contribution < 1.29 is 4.79 Å². The summed E-state index contributed by atoms with van der Waals surface area (Å²) >= 11 is 6.74. The summed E-state index contributed by atoms with van der Waals surface area (Å²) < 4.78 is 1.57. The molecular formula is C16H12Br2O. The predicted octanol–water partition coefficient (Wildman–Crippen LogP) is 5.38. The molecule has 0 saturated carbocycles. The molecule has 1 nitrogen and oxygen atoms in total. The van der Waals surface area contributed by atoms with Crippen molar-refractivity contribution in [1.82, 2.24) is 0 Å². The first-order chi connectivity index (χ1) is 9.06. The Morgan fingerprint density at radius 1 is 1.00 bits per heavy atom. The number of halogens is 2. The Bertz CT molecular complexity index is 610. The van der Waals surface area contributed by atoms with E-state index >= 15 is 0 Å². The van der Waals surface area contributed by atoms with Crippen molar-refractivity contribution >= 4 is 43.7 Å². The maximum absolute atomic E-state index is 12.2. The van der Waals surface area contributed by atoms with Crippen LogP contribution in [0.1, 0.15) is 21.5 Å². The fraction of sp³-hybridized carbons (Fsp3) is 0.0625. The molecule has 0 aliphatic rings. The molecule has 0 heterocycles. The smallest absolute Gasteiger partial charge is 0.199 e. The number of ketones is 1. The second-order valence-corrected chi connectivity index (χ2v) is 6.01. The van der Waals surface area contributed by atoms with E-state index in [1.807, 2.05) is 61.5 Å². The lowest BCUT2D eigenvalue weighted by atomic mass is 10.1. The van der Waals surface area contributed by atoms with Crippen LogP contribution in [0.5, 0.6) is 0 Å². The van der Waals surface area contributed by atoms with E-state index in [9.17, 15) is 4.79 Å². The number of allylic oxidation sites excluding steroid dienone is 1. The molecule has 3 heteroatoms. The van der Waals surface area contributed by atoms with Gasteiger partial charge < -0.3 is 0 Å². The van der Waals surface area contributed by atoms with Crippen molar-refractivity contribution in [3.8, 4) is 0 Å². The third-order valence-corrected chi connectivity index (χ3v) is 3.81. The summed E-state index contributed by atoms with van der Waals surface area (Å²) in [6.45, 7) is 2.00. The Kier molecular flexibility index (Phi) is 4.72. The van der Waals surface area contributed by atoms with Crippen molar-refractivity contribution in [2.45, 2.75) is 6.92 Å². The summed E-state index contributed by atoms with van der Waals surface area (Å²) in [5.74, 6) is -0.0112.